The highest BCUT2D eigenvalue weighted by molar-refractivity contribution is 5.88. The second kappa shape index (κ2) is 8.96. The van der Waals surface area contributed by atoms with Crippen LogP contribution >= 0.6 is 0 Å². The van der Waals surface area contributed by atoms with Gasteiger partial charge in [0.05, 0.1) is 23.1 Å². The van der Waals surface area contributed by atoms with Crippen LogP contribution in [0.15, 0.2) is 36.7 Å². The molecular weight excluding hydrogens is 396 g/mol. The number of benzene rings is 1. The van der Waals surface area contributed by atoms with E-state index in [1.54, 1.807) is 65.8 Å². The number of hydrogen-bond donors (Lipinski definition) is 3. The lowest BCUT2D eigenvalue weighted by molar-refractivity contribution is 0.0636. The monoisotopic (exact) mass is 424 g/mol. The third-order valence-electron chi connectivity index (χ3n) is 3.86. The maximum absolute atomic E-state index is 12.1. The highest BCUT2D eigenvalue weighted by Gasteiger charge is 2.28. The largest absolute Gasteiger partial charge is 0.465 e. The number of pyridine rings is 1. The van der Waals surface area contributed by atoms with Gasteiger partial charge in [-0.05, 0) is 65.8 Å². The fourth-order valence-electron chi connectivity index (χ4n) is 2.73. The van der Waals surface area contributed by atoms with Gasteiger partial charge in [0.2, 0.25) is 0 Å². The SMILES string of the molecule is CC(C)(C)OC(=O)Nc1ccc(N)cc1C#Cc1cncc(N(C(=O)O)C(C)(C)C)c1. The van der Waals surface area contributed by atoms with Crippen molar-refractivity contribution in [3.63, 3.8) is 0 Å². The molecule has 1 aromatic heterocycles. The second-order valence-electron chi connectivity index (χ2n) is 8.90. The predicted molar refractivity (Wildman–Crippen MR) is 121 cm³/mol. The Morgan fingerprint density at radius 2 is 1.77 bits per heavy atom. The number of rotatable bonds is 2. The number of nitrogens with two attached hydrogens (primary N) is 1. The molecular formula is C23H28N4O4. The molecule has 0 spiro atoms. The van der Waals surface area contributed by atoms with Gasteiger partial charge >= 0.3 is 12.2 Å². The van der Waals surface area contributed by atoms with E-state index in [1.807, 2.05) is 0 Å². The molecule has 164 valence electrons. The summed E-state index contributed by atoms with van der Waals surface area (Å²) < 4.78 is 5.29. The van der Waals surface area contributed by atoms with Crippen molar-refractivity contribution in [3.8, 4) is 11.8 Å². The topological polar surface area (TPSA) is 118 Å². The molecule has 0 atom stereocenters. The molecule has 31 heavy (non-hydrogen) atoms. The molecule has 0 radical (unpaired) electrons. The molecule has 0 aliphatic carbocycles. The Labute approximate surface area is 182 Å². The first-order valence-corrected chi connectivity index (χ1v) is 9.66. The molecule has 8 heteroatoms. The first kappa shape index (κ1) is 23.5. The van der Waals surface area contributed by atoms with Gasteiger partial charge in [-0.15, -0.1) is 0 Å². The zero-order valence-corrected chi connectivity index (χ0v) is 18.6. The van der Waals surface area contributed by atoms with Crippen LogP contribution < -0.4 is 16.0 Å². The number of hydrogen-bond acceptors (Lipinski definition) is 5. The number of carboxylic acid groups (broad SMARTS) is 1. The zero-order chi connectivity index (χ0) is 23.4. The Morgan fingerprint density at radius 3 is 2.35 bits per heavy atom. The predicted octanol–water partition coefficient (Wildman–Crippen LogP) is 4.69. The fourth-order valence-corrected chi connectivity index (χ4v) is 2.73. The van der Waals surface area contributed by atoms with E-state index in [2.05, 4.69) is 22.1 Å². The Balaban J connectivity index is 2.37. The molecule has 0 aliphatic rings. The molecule has 0 saturated heterocycles. The molecule has 2 aromatic rings. The van der Waals surface area contributed by atoms with Gasteiger partial charge in [0.25, 0.3) is 0 Å². The summed E-state index contributed by atoms with van der Waals surface area (Å²) in [4.78, 5) is 29.2. The summed E-state index contributed by atoms with van der Waals surface area (Å²) in [6.45, 7) is 10.7. The van der Waals surface area contributed by atoms with Crippen molar-refractivity contribution in [2.75, 3.05) is 16.0 Å². The summed E-state index contributed by atoms with van der Waals surface area (Å²) in [6.07, 6.45) is 1.32. The van der Waals surface area contributed by atoms with Crippen LogP contribution in [-0.4, -0.2) is 33.4 Å². The Hall–Kier alpha value is -3.73. The van der Waals surface area contributed by atoms with Gasteiger partial charge in [-0.1, -0.05) is 11.8 Å². The lowest BCUT2D eigenvalue weighted by Gasteiger charge is -2.32. The van der Waals surface area contributed by atoms with Crippen LogP contribution in [0, 0.1) is 11.8 Å². The first-order chi connectivity index (χ1) is 14.3. The summed E-state index contributed by atoms with van der Waals surface area (Å²) in [5.41, 5.74) is 6.92. The molecule has 0 saturated carbocycles. The number of carbonyl (C=O) groups excluding carboxylic acids is 1. The van der Waals surface area contributed by atoms with Crippen LogP contribution in [0.3, 0.4) is 0 Å². The van der Waals surface area contributed by atoms with Crippen molar-refractivity contribution >= 4 is 29.2 Å². The average molecular weight is 425 g/mol. The van der Waals surface area contributed by atoms with E-state index in [-0.39, 0.29) is 0 Å². The zero-order valence-electron chi connectivity index (χ0n) is 18.6. The van der Waals surface area contributed by atoms with E-state index >= 15 is 0 Å². The molecule has 1 aromatic carbocycles. The van der Waals surface area contributed by atoms with E-state index in [0.717, 1.165) is 0 Å². The molecule has 4 N–H and O–H groups in total. The van der Waals surface area contributed by atoms with E-state index in [4.69, 9.17) is 10.5 Å². The molecule has 1 heterocycles. The molecule has 2 rings (SSSR count). The van der Waals surface area contributed by atoms with Crippen molar-refractivity contribution in [2.24, 2.45) is 0 Å². The number of nitrogens with zero attached hydrogens (tertiary/aromatic N) is 2. The summed E-state index contributed by atoms with van der Waals surface area (Å²) in [6, 6.07) is 6.57. The van der Waals surface area contributed by atoms with E-state index in [9.17, 15) is 14.7 Å². The maximum atomic E-state index is 12.1. The smallest absolute Gasteiger partial charge is 0.412 e. The Kier molecular flexibility index (Phi) is 6.81. The number of nitrogen functional groups attached to an aromatic ring is 1. The number of aromatic nitrogens is 1. The molecule has 0 unspecified atom stereocenters. The minimum absolute atomic E-state index is 0.409. The maximum Gasteiger partial charge on any atom is 0.412 e. The van der Waals surface area contributed by atoms with E-state index in [0.29, 0.717) is 28.2 Å². The van der Waals surface area contributed by atoms with E-state index < -0.39 is 23.3 Å². The fraction of sp³-hybridized carbons (Fsp3) is 0.348. The van der Waals surface area contributed by atoms with Crippen LogP contribution in [-0.2, 0) is 4.74 Å². The lowest BCUT2D eigenvalue weighted by atomic mass is 10.1. The highest BCUT2D eigenvalue weighted by Crippen LogP contribution is 2.24. The average Bonchev–Trinajstić information content (AvgIpc) is 2.59. The lowest BCUT2D eigenvalue weighted by Crippen LogP contribution is -2.45. The molecule has 0 fully saturated rings. The quantitative estimate of drug-likeness (QED) is 0.475. The first-order valence-electron chi connectivity index (χ1n) is 9.66. The van der Waals surface area contributed by atoms with Gasteiger partial charge in [-0.3, -0.25) is 15.2 Å². The van der Waals surface area contributed by atoms with Gasteiger partial charge in [0, 0.05) is 23.0 Å². The van der Waals surface area contributed by atoms with Crippen LogP contribution in [0.1, 0.15) is 52.7 Å². The van der Waals surface area contributed by atoms with E-state index in [1.165, 1.54) is 17.3 Å². The molecule has 8 nitrogen and oxygen atoms in total. The van der Waals surface area contributed by atoms with Crippen molar-refractivity contribution in [1.29, 1.82) is 0 Å². The standard InChI is InChI=1S/C23H28N4O4/c1-22(2,3)27(21(29)30)18-11-15(13-25-14-18)7-8-16-12-17(24)9-10-19(16)26-20(28)31-23(4,5)6/h9-14H,24H2,1-6H3,(H,26,28)(H,29,30). The van der Waals surface area contributed by atoms with Crippen molar-refractivity contribution in [1.82, 2.24) is 4.98 Å². The third-order valence-corrected chi connectivity index (χ3v) is 3.86. The number of carbonyl (C=O) groups is 2. The minimum Gasteiger partial charge on any atom is -0.465 e. The normalized spacial score (nSPS) is 11.2. The highest BCUT2D eigenvalue weighted by atomic mass is 16.6. The molecule has 2 amide bonds. The number of nitrogens with one attached hydrogen (secondary N) is 1. The second-order valence-corrected chi connectivity index (χ2v) is 8.90. The van der Waals surface area contributed by atoms with Crippen molar-refractivity contribution < 1.29 is 19.4 Å². The summed E-state index contributed by atoms with van der Waals surface area (Å²) >= 11 is 0. The molecule has 0 bridgehead atoms. The van der Waals surface area contributed by atoms with Gasteiger partial charge in [0.1, 0.15) is 5.60 Å². The van der Waals surface area contributed by atoms with Crippen LogP contribution in [0.2, 0.25) is 0 Å². The number of amides is 2. The van der Waals surface area contributed by atoms with Crippen molar-refractivity contribution in [2.45, 2.75) is 52.7 Å². The van der Waals surface area contributed by atoms with Crippen LogP contribution in [0.5, 0.6) is 0 Å². The van der Waals surface area contributed by atoms with Gasteiger partial charge in [-0.2, -0.15) is 0 Å². The number of anilines is 3. The van der Waals surface area contributed by atoms with Crippen molar-refractivity contribution in [3.05, 3.63) is 47.8 Å². The van der Waals surface area contributed by atoms with Crippen LogP contribution in [0.25, 0.3) is 0 Å². The van der Waals surface area contributed by atoms with Gasteiger partial charge < -0.3 is 15.6 Å². The molecule has 0 aliphatic heterocycles. The van der Waals surface area contributed by atoms with Crippen LogP contribution in [0.4, 0.5) is 26.7 Å². The summed E-state index contributed by atoms with van der Waals surface area (Å²) in [5, 5.41) is 12.3. The van der Waals surface area contributed by atoms with Gasteiger partial charge in [-0.25, -0.2) is 9.59 Å². The van der Waals surface area contributed by atoms with Gasteiger partial charge in [0.15, 0.2) is 0 Å². The summed E-state index contributed by atoms with van der Waals surface area (Å²) in [7, 11) is 0. The summed E-state index contributed by atoms with van der Waals surface area (Å²) in [5.74, 6) is 5.92. The Morgan fingerprint density at radius 1 is 1.10 bits per heavy atom. The third kappa shape index (κ3) is 6.93. The Bertz CT molecular complexity index is 1040. The minimum atomic E-state index is -1.08. The number of ether oxygens (including phenoxy) is 1.